The number of nitrogens with one attached hydrogen (secondary N) is 3. The average molecular weight is 303 g/mol. The van der Waals surface area contributed by atoms with E-state index in [2.05, 4.69) is 25.6 Å². The van der Waals surface area contributed by atoms with Crippen LogP contribution in [0.1, 0.15) is 5.56 Å². The molecular weight excluding hydrogens is 290 g/mol. The molecular formula is C17H13N5O. The number of guanidine groups is 1. The number of benzene rings is 2. The Morgan fingerprint density at radius 1 is 1.09 bits per heavy atom. The van der Waals surface area contributed by atoms with Crippen LogP contribution in [0.2, 0.25) is 0 Å². The predicted octanol–water partition coefficient (Wildman–Crippen LogP) is 2.50. The van der Waals surface area contributed by atoms with Gasteiger partial charge in [-0.1, -0.05) is 24.3 Å². The molecule has 0 spiro atoms. The van der Waals surface area contributed by atoms with Crippen LogP contribution < -0.4 is 10.6 Å². The topological polar surface area (TPSA) is 82.2 Å². The third-order valence-electron chi connectivity index (χ3n) is 3.48. The molecule has 112 valence electrons. The van der Waals surface area contributed by atoms with Crippen molar-refractivity contribution < 1.29 is 4.79 Å². The van der Waals surface area contributed by atoms with Crippen molar-refractivity contribution in [3.05, 3.63) is 66.1 Å². The van der Waals surface area contributed by atoms with Crippen LogP contribution in [0.3, 0.4) is 0 Å². The molecule has 3 aromatic rings. The summed E-state index contributed by atoms with van der Waals surface area (Å²) in [5, 5.41) is 5.79. The van der Waals surface area contributed by atoms with Crippen LogP contribution in [0.4, 0.5) is 5.69 Å². The molecule has 1 amide bonds. The zero-order valence-corrected chi connectivity index (χ0v) is 12.1. The smallest absolute Gasteiger partial charge is 0.276 e. The highest BCUT2D eigenvalue weighted by molar-refractivity contribution is 6.17. The lowest BCUT2D eigenvalue weighted by Gasteiger charge is -2.03. The van der Waals surface area contributed by atoms with Gasteiger partial charge in [0.05, 0.1) is 17.4 Å². The fourth-order valence-corrected chi connectivity index (χ4v) is 2.39. The van der Waals surface area contributed by atoms with Crippen molar-refractivity contribution in [2.75, 3.05) is 5.32 Å². The molecule has 6 heteroatoms. The fourth-order valence-electron chi connectivity index (χ4n) is 2.39. The Morgan fingerprint density at radius 2 is 1.96 bits per heavy atom. The van der Waals surface area contributed by atoms with Crippen LogP contribution in [0.15, 0.2) is 65.5 Å². The monoisotopic (exact) mass is 303 g/mol. The van der Waals surface area contributed by atoms with Gasteiger partial charge in [0.15, 0.2) is 0 Å². The quantitative estimate of drug-likeness (QED) is 0.636. The van der Waals surface area contributed by atoms with Gasteiger partial charge in [-0.25, -0.2) is 9.98 Å². The second-order valence-corrected chi connectivity index (χ2v) is 5.11. The highest BCUT2D eigenvalue weighted by Crippen LogP contribution is 2.17. The van der Waals surface area contributed by atoms with E-state index in [-0.39, 0.29) is 5.91 Å². The lowest BCUT2D eigenvalue weighted by atomic mass is 10.1. The maximum atomic E-state index is 12.0. The normalized spacial score (nSPS) is 15.7. The van der Waals surface area contributed by atoms with Gasteiger partial charge in [0, 0.05) is 5.69 Å². The molecule has 0 saturated carbocycles. The van der Waals surface area contributed by atoms with Crippen LogP contribution in [-0.4, -0.2) is 21.8 Å². The van der Waals surface area contributed by atoms with Crippen molar-refractivity contribution in [3.8, 4) is 0 Å². The molecule has 1 aliphatic heterocycles. The van der Waals surface area contributed by atoms with Gasteiger partial charge in [0.1, 0.15) is 5.70 Å². The van der Waals surface area contributed by atoms with E-state index in [1.54, 1.807) is 12.4 Å². The number of rotatable bonds is 2. The Balaban J connectivity index is 1.61. The Kier molecular flexibility index (Phi) is 3.12. The van der Waals surface area contributed by atoms with Crippen molar-refractivity contribution in [1.29, 1.82) is 0 Å². The number of imidazole rings is 1. The number of carbonyl (C=O) groups excluding carboxylic acids is 1. The highest BCUT2D eigenvalue weighted by Gasteiger charge is 2.19. The summed E-state index contributed by atoms with van der Waals surface area (Å²) in [6.45, 7) is 0. The molecule has 0 saturated heterocycles. The van der Waals surface area contributed by atoms with E-state index in [1.807, 2.05) is 48.5 Å². The minimum absolute atomic E-state index is 0.229. The van der Waals surface area contributed by atoms with Crippen molar-refractivity contribution in [2.24, 2.45) is 4.99 Å². The number of H-pyrrole nitrogens is 1. The van der Waals surface area contributed by atoms with Gasteiger partial charge in [-0.15, -0.1) is 0 Å². The highest BCUT2D eigenvalue weighted by atomic mass is 16.2. The van der Waals surface area contributed by atoms with E-state index in [0.717, 1.165) is 22.3 Å². The van der Waals surface area contributed by atoms with E-state index in [4.69, 9.17) is 0 Å². The maximum absolute atomic E-state index is 12.0. The molecule has 6 nitrogen and oxygen atoms in total. The van der Waals surface area contributed by atoms with Gasteiger partial charge in [-0.3, -0.25) is 10.1 Å². The Bertz CT molecular complexity index is 940. The second kappa shape index (κ2) is 5.42. The van der Waals surface area contributed by atoms with Crippen LogP contribution in [-0.2, 0) is 4.79 Å². The summed E-state index contributed by atoms with van der Waals surface area (Å²) in [5.41, 5.74) is 3.92. The number of anilines is 1. The molecule has 0 fully saturated rings. The van der Waals surface area contributed by atoms with E-state index in [9.17, 15) is 4.79 Å². The Morgan fingerprint density at radius 3 is 2.83 bits per heavy atom. The number of fused-ring (bicyclic) bond motifs is 1. The number of para-hydroxylation sites is 1. The number of hydrogen-bond donors (Lipinski definition) is 3. The van der Waals surface area contributed by atoms with Gasteiger partial charge in [0.25, 0.3) is 5.91 Å². The molecule has 2 heterocycles. The minimum atomic E-state index is -0.229. The molecule has 0 atom stereocenters. The third-order valence-corrected chi connectivity index (χ3v) is 3.48. The minimum Gasteiger partial charge on any atom is -0.345 e. The molecule has 4 rings (SSSR count). The summed E-state index contributed by atoms with van der Waals surface area (Å²) in [4.78, 5) is 23.6. The van der Waals surface area contributed by atoms with Gasteiger partial charge in [-0.2, -0.15) is 0 Å². The van der Waals surface area contributed by atoms with Gasteiger partial charge >= 0.3 is 0 Å². The summed E-state index contributed by atoms with van der Waals surface area (Å²) >= 11 is 0. The number of nitrogens with zero attached hydrogens (tertiary/aromatic N) is 2. The summed E-state index contributed by atoms with van der Waals surface area (Å²) < 4.78 is 0. The third kappa shape index (κ3) is 2.69. The number of aromatic amines is 1. The van der Waals surface area contributed by atoms with E-state index in [1.165, 1.54) is 0 Å². The molecule has 0 unspecified atom stereocenters. The Labute approximate surface area is 132 Å². The van der Waals surface area contributed by atoms with Crippen molar-refractivity contribution in [3.63, 3.8) is 0 Å². The number of carbonyl (C=O) groups is 1. The van der Waals surface area contributed by atoms with Gasteiger partial charge in [0.2, 0.25) is 5.96 Å². The summed E-state index contributed by atoms with van der Waals surface area (Å²) in [5.74, 6) is 0.197. The van der Waals surface area contributed by atoms with Crippen molar-refractivity contribution >= 4 is 34.7 Å². The first kappa shape index (κ1) is 13.3. The number of aromatic nitrogens is 2. The standard InChI is InChI=1S/C17H13N5O/c23-16-15(9-11-6-7-13-14(8-11)19-10-18-13)21-17(22-16)20-12-4-2-1-3-5-12/h1-10H,(H,18,19)(H2,20,21,22,23)/b15-9-. The lowest BCUT2D eigenvalue weighted by Crippen LogP contribution is -2.29. The summed E-state index contributed by atoms with van der Waals surface area (Å²) in [6, 6.07) is 15.3. The first-order valence-electron chi connectivity index (χ1n) is 7.15. The number of amides is 1. The molecule has 0 aliphatic carbocycles. The van der Waals surface area contributed by atoms with Crippen LogP contribution >= 0.6 is 0 Å². The van der Waals surface area contributed by atoms with E-state index >= 15 is 0 Å². The largest absolute Gasteiger partial charge is 0.345 e. The van der Waals surface area contributed by atoms with E-state index in [0.29, 0.717) is 11.7 Å². The first-order valence-corrected chi connectivity index (χ1v) is 7.15. The number of hydrogen-bond acceptors (Lipinski definition) is 4. The summed E-state index contributed by atoms with van der Waals surface area (Å²) in [7, 11) is 0. The molecule has 1 aromatic heterocycles. The predicted molar refractivity (Wildman–Crippen MR) is 89.7 cm³/mol. The molecule has 23 heavy (non-hydrogen) atoms. The first-order chi connectivity index (χ1) is 11.3. The lowest BCUT2D eigenvalue weighted by molar-refractivity contribution is -0.115. The molecule has 1 aliphatic rings. The Hall–Kier alpha value is -3.41. The van der Waals surface area contributed by atoms with Gasteiger partial charge < -0.3 is 10.3 Å². The zero-order chi connectivity index (χ0) is 15.6. The molecule has 3 N–H and O–H groups in total. The molecule has 0 bridgehead atoms. The second-order valence-electron chi connectivity index (χ2n) is 5.11. The zero-order valence-electron chi connectivity index (χ0n) is 12.1. The molecule has 0 radical (unpaired) electrons. The van der Waals surface area contributed by atoms with Crippen LogP contribution in [0.5, 0.6) is 0 Å². The fraction of sp³-hybridized carbons (Fsp3) is 0. The van der Waals surface area contributed by atoms with Gasteiger partial charge in [-0.05, 0) is 35.9 Å². The average Bonchev–Trinajstić information content (AvgIpc) is 3.15. The van der Waals surface area contributed by atoms with E-state index < -0.39 is 0 Å². The van der Waals surface area contributed by atoms with Crippen molar-refractivity contribution in [1.82, 2.24) is 15.3 Å². The number of aliphatic imine (C=N–C) groups is 1. The van der Waals surface area contributed by atoms with Crippen molar-refractivity contribution in [2.45, 2.75) is 0 Å². The van der Waals surface area contributed by atoms with Crippen LogP contribution in [0.25, 0.3) is 17.1 Å². The van der Waals surface area contributed by atoms with Crippen LogP contribution in [0, 0.1) is 0 Å². The molecule has 2 aromatic carbocycles. The SMILES string of the molecule is O=C1NC(Nc2ccccc2)=N/C1=C\c1ccc2nc[nH]c2c1. The maximum Gasteiger partial charge on any atom is 0.276 e. The summed E-state index contributed by atoms with van der Waals surface area (Å²) in [6.07, 6.45) is 3.39.